The number of anilines is 1. The summed E-state index contributed by atoms with van der Waals surface area (Å²) in [5, 5.41) is 7.45. The molecule has 0 bridgehead atoms. The summed E-state index contributed by atoms with van der Waals surface area (Å²) >= 11 is 5.55. The molecule has 1 aliphatic rings. The van der Waals surface area contributed by atoms with Crippen LogP contribution in [0.1, 0.15) is 18.5 Å². The van der Waals surface area contributed by atoms with Crippen LogP contribution in [0.3, 0.4) is 0 Å². The molecule has 0 aromatic heterocycles. The molecule has 138 valence electrons. The van der Waals surface area contributed by atoms with E-state index in [2.05, 4.69) is 64.7 Å². The minimum Gasteiger partial charge on any atom is -0.358 e. The second-order valence-electron chi connectivity index (χ2n) is 6.95. The molecule has 0 spiro atoms. The van der Waals surface area contributed by atoms with Gasteiger partial charge in [-0.2, -0.15) is 0 Å². The molecule has 0 saturated carbocycles. The molecule has 1 saturated heterocycles. The van der Waals surface area contributed by atoms with Crippen molar-refractivity contribution in [2.24, 2.45) is 0 Å². The van der Waals surface area contributed by atoms with E-state index in [0.29, 0.717) is 11.2 Å². The first-order valence-corrected chi connectivity index (χ1v) is 9.64. The normalized spacial score (nSPS) is 18.1. The molecule has 5 heteroatoms. The number of likely N-dealkylation sites (N-methyl/N-ethyl adjacent to an activating group) is 1. The Kier molecular flexibility index (Phi) is 6.61. The van der Waals surface area contributed by atoms with E-state index < -0.39 is 0 Å². The van der Waals surface area contributed by atoms with Crippen molar-refractivity contribution >= 4 is 23.0 Å². The van der Waals surface area contributed by atoms with Crippen LogP contribution >= 0.6 is 12.2 Å². The summed E-state index contributed by atoms with van der Waals surface area (Å²) in [6.45, 7) is 6.56. The Morgan fingerprint density at radius 1 is 0.923 bits per heavy atom. The molecule has 2 aromatic carbocycles. The molecule has 2 aromatic rings. The zero-order chi connectivity index (χ0) is 18.4. The van der Waals surface area contributed by atoms with Crippen LogP contribution in [-0.2, 0) is 0 Å². The lowest BCUT2D eigenvalue weighted by Gasteiger charge is -2.41. The summed E-state index contributed by atoms with van der Waals surface area (Å²) in [5.41, 5.74) is 2.34. The highest BCUT2D eigenvalue weighted by Gasteiger charge is 2.28. The van der Waals surface area contributed by atoms with Gasteiger partial charge in [-0.15, -0.1) is 0 Å². The van der Waals surface area contributed by atoms with Gasteiger partial charge in [0.05, 0.1) is 6.04 Å². The maximum absolute atomic E-state index is 5.55. The quantitative estimate of drug-likeness (QED) is 0.791. The predicted octanol–water partition coefficient (Wildman–Crippen LogP) is 3.35. The summed E-state index contributed by atoms with van der Waals surface area (Å²) in [4.78, 5) is 4.95. The SMILES string of the molecule is C[C@@H](NC(=S)Nc1ccccc1)[C@H](c1ccccc1)N1CCN(C)CC1. The van der Waals surface area contributed by atoms with Crippen molar-refractivity contribution in [1.82, 2.24) is 15.1 Å². The first-order chi connectivity index (χ1) is 12.6. The molecule has 3 rings (SSSR count). The van der Waals surface area contributed by atoms with Crippen LogP contribution in [0.25, 0.3) is 0 Å². The van der Waals surface area contributed by atoms with Crippen molar-refractivity contribution in [3.05, 3.63) is 66.2 Å². The lowest BCUT2D eigenvalue weighted by Crippen LogP contribution is -2.52. The first-order valence-electron chi connectivity index (χ1n) is 9.23. The third-order valence-electron chi connectivity index (χ3n) is 4.94. The number of hydrogen-bond donors (Lipinski definition) is 2. The largest absolute Gasteiger partial charge is 0.358 e. The van der Waals surface area contributed by atoms with Crippen LogP contribution in [0.15, 0.2) is 60.7 Å². The van der Waals surface area contributed by atoms with E-state index >= 15 is 0 Å². The Balaban J connectivity index is 1.70. The van der Waals surface area contributed by atoms with E-state index in [0.717, 1.165) is 31.9 Å². The number of benzene rings is 2. The fourth-order valence-corrected chi connectivity index (χ4v) is 3.84. The number of nitrogens with zero attached hydrogens (tertiary/aromatic N) is 2. The highest BCUT2D eigenvalue weighted by atomic mass is 32.1. The van der Waals surface area contributed by atoms with E-state index in [-0.39, 0.29) is 6.04 Å². The molecule has 1 heterocycles. The Hall–Kier alpha value is -1.95. The van der Waals surface area contributed by atoms with Crippen LogP contribution < -0.4 is 10.6 Å². The molecule has 4 nitrogen and oxygen atoms in total. The summed E-state index contributed by atoms with van der Waals surface area (Å²) in [6, 6.07) is 21.3. The minimum atomic E-state index is 0.199. The smallest absolute Gasteiger partial charge is 0.171 e. The lowest BCUT2D eigenvalue weighted by molar-refractivity contribution is 0.0973. The van der Waals surface area contributed by atoms with Gasteiger partial charge in [-0.25, -0.2) is 0 Å². The molecule has 26 heavy (non-hydrogen) atoms. The fourth-order valence-electron chi connectivity index (χ4n) is 3.54. The van der Waals surface area contributed by atoms with E-state index in [1.807, 2.05) is 30.3 Å². The van der Waals surface area contributed by atoms with Gasteiger partial charge in [0.15, 0.2) is 5.11 Å². The molecular formula is C21H28N4S. The molecule has 2 atom stereocenters. The fraction of sp³-hybridized carbons (Fsp3) is 0.381. The number of nitrogens with one attached hydrogen (secondary N) is 2. The molecule has 1 aliphatic heterocycles. The number of hydrogen-bond acceptors (Lipinski definition) is 3. The van der Waals surface area contributed by atoms with Crippen LogP contribution in [0.2, 0.25) is 0 Å². The average Bonchev–Trinajstić information content (AvgIpc) is 2.65. The van der Waals surface area contributed by atoms with Gasteiger partial charge < -0.3 is 15.5 Å². The number of rotatable bonds is 5. The average molecular weight is 369 g/mol. The van der Waals surface area contributed by atoms with Crippen molar-refractivity contribution in [1.29, 1.82) is 0 Å². The number of piperazine rings is 1. The van der Waals surface area contributed by atoms with Gasteiger partial charge in [0.2, 0.25) is 0 Å². The van der Waals surface area contributed by atoms with Crippen LogP contribution in [0, 0.1) is 0 Å². The number of thiocarbonyl (C=S) groups is 1. The molecule has 0 radical (unpaired) electrons. The Morgan fingerprint density at radius 3 is 2.12 bits per heavy atom. The zero-order valence-corrected chi connectivity index (χ0v) is 16.4. The van der Waals surface area contributed by atoms with Crippen molar-refractivity contribution in [3.63, 3.8) is 0 Å². The molecular weight excluding hydrogens is 340 g/mol. The minimum absolute atomic E-state index is 0.199. The second-order valence-corrected chi connectivity index (χ2v) is 7.36. The zero-order valence-electron chi connectivity index (χ0n) is 15.6. The third kappa shape index (κ3) is 5.04. The molecule has 0 unspecified atom stereocenters. The Labute approximate surface area is 162 Å². The summed E-state index contributed by atoms with van der Waals surface area (Å²) < 4.78 is 0. The van der Waals surface area contributed by atoms with E-state index in [4.69, 9.17) is 12.2 Å². The van der Waals surface area contributed by atoms with Gasteiger partial charge in [0, 0.05) is 37.9 Å². The van der Waals surface area contributed by atoms with Crippen molar-refractivity contribution in [2.45, 2.75) is 19.0 Å². The predicted molar refractivity (Wildman–Crippen MR) is 114 cm³/mol. The second kappa shape index (κ2) is 9.12. The highest BCUT2D eigenvalue weighted by Crippen LogP contribution is 2.25. The molecule has 0 aliphatic carbocycles. The van der Waals surface area contributed by atoms with Gasteiger partial charge in [-0.3, -0.25) is 4.90 Å². The first kappa shape index (κ1) is 18.8. The van der Waals surface area contributed by atoms with Gasteiger partial charge in [-0.1, -0.05) is 48.5 Å². The monoisotopic (exact) mass is 368 g/mol. The van der Waals surface area contributed by atoms with Crippen LogP contribution in [0.5, 0.6) is 0 Å². The summed E-state index contributed by atoms with van der Waals surface area (Å²) in [6.07, 6.45) is 0. The maximum atomic E-state index is 5.55. The van der Waals surface area contributed by atoms with Crippen molar-refractivity contribution < 1.29 is 0 Å². The molecule has 2 N–H and O–H groups in total. The van der Waals surface area contributed by atoms with Crippen LogP contribution in [0.4, 0.5) is 5.69 Å². The van der Waals surface area contributed by atoms with Crippen molar-refractivity contribution in [2.75, 3.05) is 38.5 Å². The Bertz CT molecular complexity index is 684. The molecule has 0 amide bonds. The van der Waals surface area contributed by atoms with Crippen molar-refractivity contribution in [3.8, 4) is 0 Å². The van der Waals surface area contributed by atoms with E-state index in [1.165, 1.54) is 5.56 Å². The molecule has 1 fully saturated rings. The van der Waals surface area contributed by atoms with Gasteiger partial charge in [0.1, 0.15) is 0 Å². The standard InChI is InChI=1S/C21H28N4S/c1-17(22-21(26)23-19-11-7-4-8-12-19)20(18-9-5-3-6-10-18)25-15-13-24(2)14-16-25/h3-12,17,20H,13-16H2,1-2H3,(H2,22,23,26)/t17-,20-/m1/s1. The Morgan fingerprint density at radius 2 is 1.50 bits per heavy atom. The highest BCUT2D eigenvalue weighted by molar-refractivity contribution is 7.80. The van der Waals surface area contributed by atoms with E-state index in [1.54, 1.807) is 0 Å². The maximum Gasteiger partial charge on any atom is 0.171 e. The third-order valence-corrected chi connectivity index (χ3v) is 5.16. The van der Waals surface area contributed by atoms with E-state index in [9.17, 15) is 0 Å². The topological polar surface area (TPSA) is 30.5 Å². The van der Waals surface area contributed by atoms with Gasteiger partial charge >= 0.3 is 0 Å². The van der Waals surface area contributed by atoms with Gasteiger partial charge in [-0.05, 0) is 43.9 Å². The summed E-state index contributed by atoms with van der Waals surface area (Å²) in [5.74, 6) is 0. The number of para-hydroxylation sites is 1. The van der Waals surface area contributed by atoms with Crippen LogP contribution in [-0.4, -0.2) is 54.2 Å². The van der Waals surface area contributed by atoms with Gasteiger partial charge in [0.25, 0.3) is 0 Å². The summed E-state index contributed by atoms with van der Waals surface area (Å²) in [7, 11) is 2.19. The lowest BCUT2D eigenvalue weighted by atomic mass is 9.98.